The number of pyridine rings is 1. The number of aromatic amines is 1. The van der Waals surface area contributed by atoms with Crippen LogP contribution < -0.4 is 5.56 Å². The Hall–Kier alpha value is -0.830. The number of hydrogen-bond donors (Lipinski definition) is 6. The lowest BCUT2D eigenvalue weighted by Gasteiger charge is -2.19. The van der Waals surface area contributed by atoms with Gasteiger partial charge in [-0.3, -0.25) is 9.32 Å². The smallest absolute Gasteiger partial charge is 0.387 e. The molecule has 1 saturated heterocycles. The van der Waals surface area contributed by atoms with Crippen molar-refractivity contribution < 1.29 is 65.4 Å². The molecule has 0 radical (unpaired) electrons. The fraction of sp³-hybridized carbons (Fsp3) is 0.545. The lowest BCUT2D eigenvalue weighted by atomic mass is 10.0. The van der Waals surface area contributed by atoms with Crippen molar-refractivity contribution in [1.29, 1.82) is 0 Å². The highest BCUT2D eigenvalue weighted by molar-refractivity contribution is 7.66. The van der Waals surface area contributed by atoms with Crippen LogP contribution in [0.25, 0.3) is 0 Å². The molecule has 1 fully saturated rings. The Kier molecular flexibility index (Phi) is 7.92. The Morgan fingerprint density at radius 2 is 1.80 bits per heavy atom. The van der Waals surface area contributed by atoms with E-state index in [1.54, 1.807) is 0 Å². The van der Waals surface area contributed by atoms with Crippen LogP contribution in [0.15, 0.2) is 17.1 Å². The van der Waals surface area contributed by atoms with Gasteiger partial charge in [0.1, 0.15) is 30.2 Å². The number of aliphatic hydroxyl groups is 1. The van der Waals surface area contributed by atoms with Crippen molar-refractivity contribution in [1.82, 2.24) is 4.98 Å². The standard InChI is InChI=1S/C11H17FNO14P3/c1-23-11-9(15)7(25-10(11)5-3-13-8(14)2-6(5)12)4-24-29(19,20)27-30(21,22)26-28(16,17)18/h2-3,7,9-11,15H,4H2,1H3,(H,13,14)(H,19,20)(H,21,22)(H2,16,17,18)/t7-,9?,10+,11+/m1/s1. The summed E-state index contributed by atoms with van der Waals surface area (Å²) < 4.78 is 69.5. The molecule has 15 nitrogen and oxygen atoms in total. The fourth-order valence-corrected chi connectivity index (χ4v) is 5.56. The minimum Gasteiger partial charge on any atom is -0.387 e. The molecule has 2 rings (SSSR count). The summed E-state index contributed by atoms with van der Waals surface area (Å²) in [5, 5.41) is 10.2. The van der Waals surface area contributed by atoms with Crippen molar-refractivity contribution in [2.24, 2.45) is 0 Å². The summed E-state index contributed by atoms with van der Waals surface area (Å²) in [4.78, 5) is 48.8. The number of ether oxygens (including phenoxy) is 2. The third-order valence-electron chi connectivity index (χ3n) is 3.64. The Bertz CT molecular complexity index is 963. The van der Waals surface area contributed by atoms with Gasteiger partial charge >= 0.3 is 23.5 Å². The van der Waals surface area contributed by atoms with Gasteiger partial charge in [-0.15, -0.1) is 0 Å². The Balaban J connectivity index is 2.09. The van der Waals surface area contributed by atoms with Crippen molar-refractivity contribution in [3.8, 4) is 0 Å². The van der Waals surface area contributed by atoms with E-state index in [4.69, 9.17) is 24.2 Å². The molecule has 172 valence electrons. The first-order valence-corrected chi connectivity index (χ1v) is 12.2. The normalized spacial score (nSPS) is 28.8. The first-order valence-electron chi connectivity index (χ1n) is 7.67. The lowest BCUT2D eigenvalue weighted by Crippen LogP contribution is -2.34. The number of methoxy groups -OCH3 is 1. The van der Waals surface area contributed by atoms with Crippen LogP contribution in [0.1, 0.15) is 11.7 Å². The molecule has 0 saturated carbocycles. The predicted octanol–water partition coefficient (Wildman–Crippen LogP) is -0.327. The number of aromatic nitrogens is 1. The number of aliphatic hydroxyl groups excluding tert-OH is 1. The van der Waals surface area contributed by atoms with Gasteiger partial charge in [-0.05, 0) is 0 Å². The molecule has 6 atom stereocenters. The molecule has 0 bridgehead atoms. The van der Waals surface area contributed by atoms with Gasteiger partial charge in [-0.2, -0.15) is 8.62 Å². The number of phosphoric ester groups is 1. The number of H-pyrrole nitrogens is 1. The van der Waals surface area contributed by atoms with E-state index in [-0.39, 0.29) is 5.56 Å². The largest absolute Gasteiger partial charge is 0.490 e. The van der Waals surface area contributed by atoms with E-state index in [0.29, 0.717) is 6.07 Å². The summed E-state index contributed by atoms with van der Waals surface area (Å²) in [7, 11) is -15.6. The van der Waals surface area contributed by atoms with Gasteiger partial charge < -0.3 is 39.1 Å². The van der Waals surface area contributed by atoms with E-state index < -0.39 is 65.9 Å². The number of rotatable bonds is 9. The monoisotopic (exact) mass is 499 g/mol. The quantitative estimate of drug-likeness (QED) is 0.239. The van der Waals surface area contributed by atoms with Gasteiger partial charge in [0.05, 0.1) is 6.61 Å². The predicted molar refractivity (Wildman–Crippen MR) is 91.3 cm³/mol. The summed E-state index contributed by atoms with van der Waals surface area (Å²) in [5.41, 5.74) is -0.950. The van der Waals surface area contributed by atoms with Crippen LogP contribution in [0.3, 0.4) is 0 Å². The summed E-state index contributed by atoms with van der Waals surface area (Å²) in [5.74, 6) is -0.980. The molecule has 0 aliphatic carbocycles. The fourth-order valence-electron chi connectivity index (χ4n) is 2.53. The zero-order chi connectivity index (χ0) is 22.9. The van der Waals surface area contributed by atoms with Crippen LogP contribution in [0, 0.1) is 5.82 Å². The minimum absolute atomic E-state index is 0.207. The van der Waals surface area contributed by atoms with Gasteiger partial charge in [-0.1, -0.05) is 0 Å². The second-order valence-electron chi connectivity index (χ2n) is 5.77. The maximum absolute atomic E-state index is 14.1. The van der Waals surface area contributed by atoms with Crippen molar-refractivity contribution in [2.75, 3.05) is 13.7 Å². The first kappa shape index (κ1) is 25.4. The molecule has 30 heavy (non-hydrogen) atoms. The second kappa shape index (κ2) is 9.35. The Morgan fingerprint density at radius 3 is 2.33 bits per heavy atom. The highest BCUT2D eigenvalue weighted by Crippen LogP contribution is 2.66. The van der Waals surface area contributed by atoms with Crippen LogP contribution in [0.2, 0.25) is 0 Å². The maximum atomic E-state index is 14.1. The van der Waals surface area contributed by atoms with Gasteiger partial charge in [0.25, 0.3) is 5.56 Å². The zero-order valence-electron chi connectivity index (χ0n) is 14.8. The Labute approximate surface area is 166 Å². The molecule has 6 N–H and O–H groups in total. The minimum atomic E-state index is -5.71. The van der Waals surface area contributed by atoms with Crippen LogP contribution in [0.4, 0.5) is 4.39 Å². The molecule has 19 heteroatoms. The second-order valence-corrected chi connectivity index (χ2v) is 10.2. The van der Waals surface area contributed by atoms with E-state index >= 15 is 0 Å². The SMILES string of the molecule is CO[C@H]1C(O)[C@@H](COP(=O)(O)OP(=O)(O)OP(=O)(O)O)O[C@H]1c1c[nH]c(=O)cc1F. The summed E-state index contributed by atoms with van der Waals surface area (Å²) in [6.07, 6.45) is -4.52. The molecule has 1 aliphatic rings. The zero-order valence-corrected chi connectivity index (χ0v) is 17.5. The van der Waals surface area contributed by atoms with Gasteiger partial charge in [0.2, 0.25) is 0 Å². The average Bonchev–Trinajstić information content (AvgIpc) is 2.85. The molecule has 1 aliphatic heterocycles. The summed E-state index contributed by atoms with van der Waals surface area (Å²) in [6, 6.07) is 0.622. The molecule has 0 aromatic carbocycles. The van der Waals surface area contributed by atoms with E-state index in [1.165, 1.54) is 0 Å². The molecule has 0 amide bonds. The number of phosphoric acid groups is 3. The maximum Gasteiger partial charge on any atom is 0.490 e. The molecule has 1 aromatic heterocycles. The molecule has 2 heterocycles. The lowest BCUT2D eigenvalue weighted by molar-refractivity contribution is -0.0242. The topological polar surface area (TPSA) is 231 Å². The van der Waals surface area contributed by atoms with Crippen molar-refractivity contribution in [3.05, 3.63) is 34.0 Å². The molecular weight excluding hydrogens is 482 g/mol. The molecule has 1 aromatic rings. The van der Waals surface area contributed by atoms with Crippen LogP contribution in [-0.4, -0.2) is 61.7 Å². The van der Waals surface area contributed by atoms with E-state index in [0.717, 1.165) is 13.3 Å². The van der Waals surface area contributed by atoms with Gasteiger partial charge in [0.15, 0.2) is 0 Å². The third-order valence-corrected chi connectivity index (χ3v) is 7.44. The van der Waals surface area contributed by atoms with Gasteiger partial charge in [0, 0.05) is 24.9 Å². The van der Waals surface area contributed by atoms with Crippen LogP contribution in [0.5, 0.6) is 0 Å². The molecular formula is C11H17FNO14P3. The van der Waals surface area contributed by atoms with Crippen molar-refractivity contribution >= 4 is 23.5 Å². The average molecular weight is 499 g/mol. The van der Waals surface area contributed by atoms with E-state index in [1.807, 2.05) is 0 Å². The summed E-state index contributed by atoms with van der Waals surface area (Å²) in [6.45, 7) is -0.966. The Morgan fingerprint density at radius 1 is 1.17 bits per heavy atom. The van der Waals surface area contributed by atoms with Gasteiger partial charge in [-0.25, -0.2) is 18.1 Å². The number of halogens is 1. The van der Waals surface area contributed by atoms with E-state index in [2.05, 4.69) is 18.1 Å². The summed E-state index contributed by atoms with van der Waals surface area (Å²) >= 11 is 0. The highest BCUT2D eigenvalue weighted by atomic mass is 31.3. The van der Waals surface area contributed by atoms with Crippen molar-refractivity contribution in [2.45, 2.75) is 24.4 Å². The van der Waals surface area contributed by atoms with Crippen LogP contribution in [-0.2, 0) is 36.3 Å². The van der Waals surface area contributed by atoms with E-state index in [9.17, 15) is 32.9 Å². The number of hydrogen-bond acceptors (Lipinski definition) is 10. The highest BCUT2D eigenvalue weighted by Gasteiger charge is 2.47. The molecule has 0 spiro atoms. The molecule has 3 unspecified atom stereocenters. The number of nitrogens with one attached hydrogen (secondary N) is 1. The van der Waals surface area contributed by atoms with Crippen LogP contribution >= 0.6 is 23.5 Å². The first-order chi connectivity index (χ1) is 13.6. The third kappa shape index (κ3) is 6.84. The van der Waals surface area contributed by atoms with Crippen molar-refractivity contribution in [3.63, 3.8) is 0 Å².